The van der Waals surface area contributed by atoms with Gasteiger partial charge >= 0.3 is 0 Å². The van der Waals surface area contributed by atoms with E-state index < -0.39 is 0 Å². The summed E-state index contributed by atoms with van der Waals surface area (Å²) in [6.45, 7) is 7.59. The lowest BCUT2D eigenvalue weighted by Gasteiger charge is -2.30. The van der Waals surface area contributed by atoms with E-state index in [9.17, 15) is 0 Å². The van der Waals surface area contributed by atoms with E-state index in [0.717, 1.165) is 6.35 Å². The normalized spacial score (nSPS) is 11.8. The average molecular weight is 316 g/mol. The molecular formula is C19H25O2P. The second-order valence-corrected chi connectivity index (χ2v) is 8.36. The minimum Gasteiger partial charge on any atom is -0.354 e. The first-order valence-corrected chi connectivity index (χ1v) is 9.96. The third-order valence-corrected chi connectivity index (χ3v) is 4.43. The van der Waals surface area contributed by atoms with Gasteiger partial charge in [-0.05, 0) is 31.4 Å². The second-order valence-electron chi connectivity index (χ2n) is 5.94. The van der Waals surface area contributed by atoms with E-state index in [1.54, 1.807) is 0 Å². The molecule has 118 valence electrons. The quantitative estimate of drug-likeness (QED) is 0.400. The van der Waals surface area contributed by atoms with Crippen molar-refractivity contribution < 1.29 is 9.47 Å². The molecule has 0 aliphatic rings. The van der Waals surface area contributed by atoms with Gasteiger partial charge in [-0.2, -0.15) is 0 Å². The fourth-order valence-corrected chi connectivity index (χ4v) is 2.91. The van der Waals surface area contributed by atoms with Crippen molar-refractivity contribution in [2.24, 2.45) is 0 Å². The van der Waals surface area contributed by atoms with E-state index in [-0.39, 0.29) is 13.3 Å². The van der Waals surface area contributed by atoms with Crippen molar-refractivity contribution in [3.8, 4) is 0 Å². The Morgan fingerprint density at radius 1 is 0.818 bits per heavy atom. The topological polar surface area (TPSA) is 18.5 Å². The third kappa shape index (κ3) is 4.64. The van der Waals surface area contributed by atoms with Gasteiger partial charge in [-0.1, -0.05) is 68.6 Å². The Bertz CT molecular complexity index is 500. The van der Waals surface area contributed by atoms with E-state index in [4.69, 9.17) is 9.47 Å². The highest BCUT2D eigenvalue weighted by atomic mass is 31.1. The van der Waals surface area contributed by atoms with Crippen LogP contribution in [0, 0.1) is 0 Å². The van der Waals surface area contributed by atoms with Gasteiger partial charge in [0.2, 0.25) is 0 Å². The highest BCUT2D eigenvalue weighted by molar-refractivity contribution is 7.55. The molecule has 0 saturated heterocycles. The standard InChI is InChI=1S/C19H25O2P/c1-19(17-10-6-4-7-11-17,18-12-8-5-9-13-18)14-20-15-21-16-22(2)3/h4-13H,14-16H2,1-3H3. The molecule has 22 heavy (non-hydrogen) atoms. The molecular weight excluding hydrogens is 291 g/mol. The maximum absolute atomic E-state index is 5.85. The minimum atomic E-state index is -0.172. The van der Waals surface area contributed by atoms with Crippen molar-refractivity contribution in [2.45, 2.75) is 12.3 Å². The fourth-order valence-electron chi connectivity index (χ4n) is 2.47. The molecule has 0 aliphatic carbocycles. The van der Waals surface area contributed by atoms with Gasteiger partial charge < -0.3 is 9.47 Å². The summed E-state index contributed by atoms with van der Waals surface area (Å²) in [5.41, 5.74) is 2.35. The Labute approximate surface area is 135 Å². The van der Waals surface area contributed by atoms with Crippen LogP contribution >= 0.6 is 7.92 Å². The molecule has 0 spiro atoms. The maximum Gasteiger partial charge on any atom is 0.147 e. The van der Waals surface area contributed by atoms with Crippen LogP contribution in [0.4, 0.5) is 0 Å². The Morgan fingerprint density at radius 2 is 1.32 bits per heavy atom. The van der Waals surface area contributed by atoms with E-state index in [1.165, 1.54) is 11.1 Å². The monoisotopic (exact) mass is 316 g/mol. The van der Waals surface area contributed by atoms with E-state index in [2.05, 4.69) is 68.8 Å². The molecule has 0 saturated carbocycles. The van der Waals surface area contributed by atoms with Gasteiger partial charge in [0.15, 0.2) is 0 Å². The average Bonchev–Trinajstić information content (AvgIpc) is 2.55. The molecule has 0 unspecified atom stereocenters. The number of hydrogen-bond acceptors (Lipinski definition) is 2. The van der Waals surface area contributed by atoms with Gasteiger partial charge in [-0.15, -0.1) is 0 Å². The Kier molecular flexibility index (Phi) is 6.57. The summed E-state index contributed by atoms with van der Waals surface area (Å²) in [5.74, 6) is 0. The zero-order valence-electron chi connectivity index (χ0n) is 13.7. The van der Waals surface area contributed by atoms with Gasteiger partial charge in [0, 0.05) is 5.41 Å². The SMILES string of the molecule is CP(C)COCOCC(C)(c1ccccc1)c1ccccc1. The molecule has 0 radical (unpaired) electrons. The predicted octanol–water partition coefficient (Wildman–Crippen LogP) is 4.68. The Morgan fingerprint density at radius 3 is 1.77 bits per heavy atom. The first-order valence-electron chi connectivity index (χ1n) is 7.54. The summed E-state index contributed by atoms with van der Waals surface area (Å²) in [7, 11) is -0.0350. The van der Waals surface area contributed by atoms with E-state index >= 15 is 0 Å². The van der Waals surface area contributed by atoms with Crippen molar-refractivity contribution in [1.29, 1.82) is 0 Å². The number of ether oxygens (including phenoxy) is 2. The van der Waals surface area contributed by atoms with Crippen molar-refractivity contribution in [2.75, 3.05) is 33.1 Å². The van der Waals surface area contributed by atoms with E-state index in [1.807, 2.05) is 12.1 Å². The van der Waals surface area contributed by atoms with Gasteiger partial charge in [0.05, 0.1) is 13.0 Å². The fraction of sp³-hybridized carbons (Fsp3) is 0.368. The lowest BCUT2D eigenvalue weighted by molar-refractivity contribution is -0.0490. The molecule has 0 aliphatic heterocycles. The molecule has 0 fully saturated rings. The predicted molar refractivity (Wildman–Crippen MR) is 94.9 cm³/mol. The van der Waals surface area contributed by atoms with E-state index in [0.29, 0.717) is 13.4 Å². The molecule has 2 aromatic rings. The molecule has 0 heterocycles. The van der Waals surface area contributed by atoms with Crippen molar-refractivity contribution in [3.05, 3.63) is 71.8 Å². The van der Waals surface area contributed by atoms with Crippen LogP contribution in [-0.2, 0) is 14.9 Å². The molecule has 0 atom stereocenters. The first kappa shape index (κ1) is 17.1. The van der Waals surface area contributed by atoms with Crippen LogP contribution in [0.15, 0.2) is 60.7 Å². The van der Waals surface area contributed by atoms with Crippen LogP contribution in [0.3, 0.4) is 0 Å². The third-order valence-electron chi connectivity index (χ3n) is 3.73. The van der Waals surface area contributed by atoms with Crippen molar-refractivity contribution >= 4 is 7.92 Å². The maximum atomic E-state index is 5.85. The number of rotatable bonds is 8. The highest BCUT2D eigenvalue weighted by Gasteiger charge is 2.29. The smallest absolute Gasteiger partial charge is 0.147 e. The van der Waals surface area contributed by atoms with Gasteiger partial charge in [0.1, 0.15) is 6.79 Å². The lowest BCUT2D eigenvalue weighted by atomic mass is 9.77. The summed E-state index contributed by atoms with van der Waals surface area (Å²) in [6, 6.07) is 21.0. The van der Waals surface area contributed by atoms with Crippen LogP contribution in [0.25, 0.3) is 0 Å². The van der Waals surface area contributed by atoms with Gasteiger partial charge in [-0.25, -0.2) is 0 Å². The van der Waals surface area contributed by atoms with Crippen LogP contribution in [0.5, 0.6) is 0 Å². The van der Waals surface area contributed by atoms with Gasteiger partial charge in [0.25, 0.3) is 0 Å². The first-order chi connectivity index (χ1) is 10.6. The zero-order chi connectivity index (χ0) is 15.8. The second kappa shape index (κ2) is 8.43. The zero-order valence-corrected chi connectivity index (χ0v) is 14.6. The summed E-state index contributed by atoms with van der Waals surface area (Å²) in [5, 5.41) is 0. The molecule has 0 aromatic heterocycles. The molecule has 2 aromatic carbocycles. The Hall–Kier alpha value is -1.21. The summed E-state index contributed by atoms with van der Waals surface area (Å²) < 4.78 is 11.4. The van der Waals surface area contributed by atoms with Crippen LogP contribution < -0.4 is 0 Å². The van der Waals surface area contributed by atoms with Crippen LogP contribution in [0.1, 0.15) is 18.1 Å². The minimum absolute atomic E-state index is 0.0350. The lowest BCUT2D eigenvalue weighted by Crippen LogP contribution is -2.30. The Balaban J connectivity index is 2.10. The van der Waals surface area contributed by atoms with Crippen LogP contribution in [0.2, 0.25) is 0 Å². The summed E-state index contributed by atoms with van der Waals surface area (Å²) in [4.78, 5) is 0. The number of hydrogen-bond donors (Lipinski definition) is 0. The van der Waals surface area contributed by atoms with Gasteiger partial charge in [-0.3, -0.25) is 0 Å². The molecule has 2 nitrogen and oxygen atoms in total. The van der Waals surface area contributed by atoms with Crippen molar-refractivity contribution in [1.82, 2.24) is 0 Å². The molecule has 3 heteroatoms. The van der Waals surface area contributed by atoms with Crippen molar-refractivity contribution in [3.63, 3.8) is 0 Å². The van der Waals surface area contributed by atoms with Crippen LogP contribution in [-0.4, -0.2) is 33.1 Å². The number of benzene rings is 2. The molecule has 0 N–H and O–H groups in total. The molecule has 0 amide bonds. The summed E-state index contributed by atoms with van der Waals surface area (Å²) in [6.07, 6.45) is 0.794. The largest absolute Gasteiger partial charge is 0.354 e. The molecule has 2 rings (SSSR count). The summed E-state index contributed by atoms with van der Waals surface area (Å²) >= 11 is 0. The highest BCUT2D eigenvalue weighted by Crippen LogP contribution is 2.32. The molecule has 0 bridgehead atoms.